The number of H-pyrrole nitrogens is 1. The second-order valence-corrected chi connectivity index (χ2v) is 13.1. The Morgan fingerprint density at radius 3 is 2.78 bits per heavy atom. The number of epoxide rings is 1. The number of rotatable bonds is 7. The van der Waals surface area contributed by atoms with Gasteiger partial charge in [0.15, 0.2) is 5.95 Å². The van der Waals surface area contributed by atoms with E-state index in [0.717, 1.165) is 0 Å². The van der Waals surface area contributed by atoms with Gasteiger partial charge in [0.1, 0.15) is 11.4 Å². The van der Waals surface area contributed by atoms with E-state index < -0.39 is 40.1 Å². The zero-order chi connectivity index (χ0) is 32.1. The summed E-state index contributed by atoms with van der Waals surface area (Å²) in [5.74, 6) is -0.815. The molecule has 0 aromatic carbocycles. The first-order valence-corrected chi connectivity index (χ1v) is 15.1. The van der Waals surface area contributed by atoms with Crippen LogP contribution in [0.2, 0.25) is 0 Å². The molecule has 2 aliphatic carbocycles. The fourth-order valence-corrected chi connectivity index (χ4v) is 7.76. The third-order valence-electron chi connectivity index (χ3n) is 10.4. The topological polar surface area (TPSA) is 217 Å². The number of allylic oxidation sites excluding steroid dienone is 1. The van der Waals surface area contributed by atoms with Gasteiger partial charge in [-0.3, -0.25) is 19.9 Å². The molecular formula is C31H39N7O7. The molecule has 1 aromatic heterocycles. The first-order valence-electron chi connectivity index (χ1n) is 15.1. The minimum absolute atomic E-state index is 0.0204. The summed E-state index contributed by atoms with van der Waals surface area (Å²) in [4.78, 5) is 52.6. The molecule has 3 aliphatic heterocycles. The van der Waals surface area contributed by atoms with E-state index in [4.69, 9.17) is 15.2 Å². The number of anilines is 1. The molecule has 240 valence electrons. The van der Waals surface area contributed by atoms with Gasteiger partial charge in [0.25, 0.3) is 5.56 Å². The van der Waals surface area contributed by atoms with Crippen molar-refractivity contribution in [3.63, 3.8) is 0 Å². The Labute approximate surface area is 259 Å². The van der Waals surface area contributed by atoms with Crippen molar-refractivity contribution in [1.29, 1.82) is 0 Å². The maximum atomic E-state index is 13.0. The summed E-state index contributed by atoms with van der Waals surface area (Å²) in [7, 11) is 0. The maximum Gasteiger partial charge on any atom is 0.343 e. The van der Waals surface area contributed by atoms with Gasteiger partial charge in [0, 0.05) is 29.8 Å². The van der Waals surface area contributed by atoms with Gasteiger partial charge in [-0.1, -0.05) is 26.0 Å². The lowest BCUT2D eigenvalue weighted by Gasteiger charge is -2.62. The van der Waals surface area contributed by atoms with E-state index >= 15 is 0 Å². The highest BCUT2D eigenvalue weighted by atomic mass is 16.6. The summed E-state index contributed by atoms with van der Waals surface area (Å²) in [6, 6.07) is -0.926. The van der Waals surface area contributed by atoms with Gasteiger partial charge >= 0.3 is 5.97 Å². The lowest BCUT2D eigenvalue weighted by molar-refractivity contribution is -0.174. The molecule has 0 bridgehead atoms. The van der Waals surface area contributed by atoms with Crippen LogP contribution in [0.5, 0.6) is 0 Å². The first-order chi connectivity index (χ1) is 21.4. The molecule has 1 aromatic rings. The van der Waals surface area contributed by atoms with Crippen molar-refractivity contribution in [2.24, 2.45) is 32.7 Å². The highest BCUT2D eigenvalue weighted by molar-refractivity contribution is 6.04. The molecule has 1 amide bonds. The molecule has 2 saturated carbocycles. The Morgan fingerprint density at radius 2 is 2.11 bits per heavy atom. The van der Waals surface area contributed by atoms with Crippen molar-refractivity contribution in [2.75, 3.05) is 25.5 Å². The number of ether oxygens (including phenoxy) is 2. The summed E-state index contributed by atoms with van der Waals surface area (Å²) >= 11 is 0. The molecule has 0 radical (unpaired) electrons. The largest absolute Gasteiger partial charge is 0.423 e. The van der Waals surface area contributed by atoms with Gasteiger partial charge in [-0.15, -0.1) is 0 Å². The van der Waals surface area contributed by atoms with Gasteiger partial charge < -0.3 is 30.7 Å². The number of esters is 1. The molecule has 6 rings (SSSR count). The van der Waals surface area contributed by atoms with Gasteiger partial charge in [0.2, 0.25) is 11.9 Å². The molecule has 1 saturated heterocycles. The molecule has 5 unspecified atom stereocenters. The molecule has 1 spiro atoms. The predicted octanol–water partition coefficient (Wildman–Crippen LogP) is 0.200. The second kappa shape index (κ2) is 11.4. The third kappa shape index (κ3) is 5.45. The quantitative estimate of drug-likeness (QED) is 0.180. The van der Waals surface area contributed by atoms with Gasteiger partial charge in [-0.25, -0.2) is 19.8 Å². The lowest BCUT2D eigenvalue weighted by Crippen LogP contribution is -2.67. The van der Waals surface area contributed by atoms with Crippen LogP contribution in [-0.2, 0) is 19.1 Å². The summed E-state index contributed by atoms with van der Waals surface area (Å²) in [5.41, 5.74) is 3.65. The van der Waals surface area contributed by atoms with Gasteiger partial charge in [-0.2, -0.15) is 0 Å². The maximum absolute atomic E-state index is 13.0. The van der Waals surface area contributed by atoms with Crippen LogP contribution >= 0.6 is 0 Å². The number of hydrogen-bond donors (Lipinski definition) is 6. The number of fused-ring (bicyclic) bond motifs is 1. The summed E-state index contributed by atoms with van der Waals surface area (Å²) in [5, 5.41) is 27.9. The number of hydrogen-bond acceptors (Lipinski definition) is 12. The number of nitrogen functional groups attached to an aromatic ring is 1. The van der Waals surface area contributed by atoms with E-state index in [1.165, 1.54) is 12.3 Å². The highest BCUT2D eigenvalue weighted by Crippen LogP contribution is 2.65. The molecule has 14 heteroatoms. The first kappa shape index (κ1) is 31.0. The molecule has 5 aliphatic rings. The van der Waals surface area contributed by atoms with Crippen molar-refractivity contribution in [2.45, 2.75) is 63.8 Å². The van der Waals surface area contributed by atoms with Crippen LogP contribution < -0.4 is 21.9 Å². The van der Waals surface area contributed by atoms with Crippen LogP contribution in [0.4, 0.5) is 5.95 Å². The van der Waals surface area contributed by atoms with Gasteiger partial charge in [0.05, 0.1) is 43.0 Å². The Morgan fingerprint density at radius 1 is 1.33 bits per heavy atom. The molecule has 7 N–H and O–H groups in total. The van der Waals surface area contributed by atoms with E-state index in [9.17, 15) is 24.6 Å². The number of carbonyl (C=O) groups is 2. The third-order valence-corrected chi connectivity index (χ3v) is 10.4. The van der Waals surface area contributed by atoms with Crippen LogP contribution in [0.25, 0.3) is 6.08 Å². The number of aromatic amines is 1. The molecular weight excluding hydrogens is 582 g/mol. The normalized spacial score (nSPS) is 37.0. The number of amides is 1. The van der Waals surface area contributed by atoms with Crippen LogP contribution in [0.15, 0.2) is 50.5 Å². The van der Waals surface area contributed by atoms with Crippen LogP contribution in [-0.4, -0.2) is 87.8 Å². The van der Waals surface area contributed by atoms with E-state index in [-0.39, 0.29) is 53.6 Å². The summed E-state index contributed by atoms with van der Waals surface area (Å²) < 4.78 is 11.7. The zero-order valence-corrected chi connectivity index (χ0v) is 25.4. The monoisotopic (exact) mass is 621 g/mol. The van der Waals surface area contributed by atoms with Crippen molar-refractivity contribution in [3.05, 3.63) is 51.7 Å². The van der Waals surface area contributed by atoms with Crippen LogP contribution in [0.1, 0.15) is 45.6 Å². The summed E-state index contributed by atoms with van der Waals surface area (Å²) in [6.45, 7) is 6.49. The number of nitrogens with one attached hydrogen (secondary N) is 3. The van der Waals surface area contributed by atoms with Crippen molar-refractivity contribution in [3.8, 4) is 0 Å². The van der Waals surface area contributed by atoms with Crippen molar-refractivity contribution >= 4 is 36.1 Å². The van der Waals surface area contributed by atoms with E-state index in [2.05, 4.69) is 37.5 Å². The number of carbonyl (C=O) groups excluding carboxylic acids is 2. The minimum atomic E-state index is -0.796. The number of aliphatic hydroxyl groups is 2. The Balaban J connectivity index is 1.31. The van der Waals surface area contributed by atoms with Crippen LogP contribution in [0, 0.1) is 22.7 Å². The molecule has 14 nitrogen and oxygen atoms in total. The number of aromatic nitrogens is 2. The SMILES string of the molecule is CC(NC1CC2[C@](C)(CC[C@@H](O)[C@@]2(C)CO)C(/C=C/C2=CC(=C\c3cnc(N)[nH]c3=O)/OC2=O)C12CO2)C(=O)NC1=NCC=N1. The highest BCUT2D eigenvalue weighted by Gasteiger charge is 2.70. The average molecular weight is 622 g/mol. The van der Waals surface area contributed by atoms with Crippen molar-refractivity contribution < 1.29 is 29.3 Å². The molecule has 8 atom stereocenters. The fraction of sp³-hybridized carbons (Fsp3) is 0.548. The number of aliphatic imine (C=N–C) groups is 2. The number of guanidine groups is 1. The Kier molecular flexibility index (Phi) is 7.88. The van der Waals surface area contributed by atoms with E-state index in [0.29, 0.717) is 38.0 Å². The smallest absolute Gasteiger partial charge is 0.343 e. The predicted molar refractivity (Wildman–Crippen MR) is 165 cm³/mol. The van der Waals surface area contributed by atoms with E-state index in [1.54, 1.807) is 25.3 Å². The second-order valence-electron chi connectivity index (χ2n) is 13.1. The molecule has 45 heavy (non-hydrogen) atoms. The Bertz CT molecular complexity index is 1610. The summed E-state index contributed by atoms with van der Waals surface area (Å²) in [6.07, 6.45) is 10.6. The number of aliphatic hydroxyl groups excluding tert-OH is 2. The van der Waals surface area contributed by atoms with Crippen molar-refractivity contribution in [1.82, 2.24) is 20.6 Å². The van der Waals surface area contributed by atoms with E-state index in [1.807, 2.05) is 13.0 Å². The standard InChI is InChI=1S/C31H39N7O7/c1-16(24(41)38-28-33-8-9-34-28)36-22-12-21-29(2,7-6-23(40)30(21,3)14-39)20(31(22)15-44-31)5-4-17-10-19(45-26(17)43)11-18-13-35-27(32)37-25(18)42/h4-5,8,10-11,13,16,20-23,36,39-40H,6-7,9,12,14-15H2,1-3H3,(H,34,38,41)(H3,32,35,37,42)/b5-4+,19-11+/t16?,20?,21?,22?,23-,29-,30+,31?/m1/s1. The minimum Gasteiger partial charge on any atom is -0.423 e. The Hall–Kier alpha value is -3.98. The van der Waals surface area contributed by atoms with Gasteiger partial charge in [-0.05, 0) is 49.7 Å². The average Bonchev–Trinajstić information content (AvgIpc) is 3.45. The lowest BCUT2D eigenvalue weighted by atomic mass is 9.44. The molecule has 3 fully saturated rings. The number of nitrogens with zero attached hydrogens (tertiary/aromatic N) is 3. The number of cyclic esters (lactones) is 1. The fourth-order valence-electron chi connectivity index (χ4n) is 7.76. The van der Waals surface area contributed by atoms with Crippen LogP contribution in [0.3, 0.4) is 0 Å². The number of nitrogens with two attached hydrogens (primary N) is 1. The zero-order valence-electron chi connectivity index (χ0n) is 25.4. The molecule has 4 heterocycles.